The molecule has 30 heavy (non-hydrogen) atoms. The van der Waals surface area contributed by atoms with E-state index >= 15 is 0 Å². The molecule has 2 aromatic carbocycles. The Morgan fingerprint density at radius 2 is 2.00 bits per heavy atom. The molecule has 0 radical (unpaired) electrons. The lowest BCUT2D eigenvalue weighted by molar-refractivity contribution is -0.180. The quantitative estimate of drug-likeness (QED) is 0.387. The van der Waals surface area contributed by atoms with Crippen molar-refractivity contribution in [2.24, 2.45) is 0 Å². The van der Waals surface area contributed by atoms with Gasteiger partial charge in [0.05, 0.1) is 32.7 Å². The maximum Gasteiger partial charge on any atom is 0.187 e. The van der Waals surface area contributed by atoms with Crippen LogP contribution in [-0.2, 0) is 22.4 Å². The molecule has 0 amide bonds. The van der Waals surface area contributed by atoms with Crippen molar-refractivity contribution in [3.8, 4) is 5.75 Å². The minimum atomic E-state index is -0.640. The highest BCUT2D eigenvalue weighted by atomic mass is 79.9. The lowest BCUT2D eigenvalue weighted by Gasteiger charge is -2.28. The molecule has 7 heteroatoms. The number of aryl methyl sites for hydroxylation is 1. The van der Waals surface area contributed by atoms with Crippen molar-refractivity contribution < 1.29 is 14.2 Å². The molecular weight excluding hydrogens is 464 g/mol. The fourth-order valence-corrected chi connectivity index (χ4v) is 4.63. The van der Waals surface area contributed by atoms with Crippen molar-refractivity contribution in [1.82, 2.24) is 9.55 Å². The van der Waals surface area contributed by atoms with Gasteiger partial charge in [0.2, 0.25) is 0 Å². The van der Waals surface area contributed by atoms with Crippen molar-refractivity contribution in [1.29, 1.82) is 0 Å². The third kappa shape index (κ3) is 5.66. The van der Waals surface area contributed by atoms with E-state index in [9.17, 15) is 0 Å². The van der Waals surface area contributed by atoms with Crippen LogP contribution in [-0.4, -0.2) is 40.9 Å². The van der Waals surface area contributed by atoms with E-state index < -0.39 is 5.79 Å². The fourth-order valence-electron chi connectivity index (χ4n) is 3.50. The van der Waals surface area contributed by atoms with Gasteiger partial charge in [0.15, 0.2) is 5.79 Å². The molecular formula is C23H25BrN2O3S. The average Bonchev–Trinajstić information content (AvgIpc) is 3.43. The van der Waals surface area contributed by atoms with E-state index in [-0.39, 0.29) is 6.10 Å². The smallest absolute Gasteiger partial charge is 0.187 e. The number of aromatic nitrogens is 2. The van der Waals surface area contributed by atoms with Crippen LogP contribution in [0.5, 0.6) is 5.75 Å². The van der Waals surface area contributed by atoms with Gasteiger partial charge < -0.3 is 18.8 Å². The number of rotatable bonds is 9. The number of thioether (sulfide) groups is 1. The van der Waals surface area contributed by atoms with Gasteiger partial charge in [0, 0.05) is 33.9 Å². The summed E-state index contributed by atoms with van der Waals surface area (Å²) in [5, 5.41) is 0. The van der Waals surface area contributed by atoms with Gasteiger partial charge in [-0.1, -0.05) is 28.1 Å². The maximum absolute atomic E-state index is 6.51. The molecule has 0 aliphatic carbocycles. The molecule has 1 aliphatic rings. The Kier molecular flexibility index (Phi) is 7.15. The van der Waals surface area contributed by atoms with Crippen LogP contribution in [0.15, 0.2) is 76.6 Å². The fraction of sp³-hybridized carbons (Fsp3) is 0.348. The first kappa shape index (κ1) is 21.4. The minimum Gasteiger partial charge on any atom is -0.497 e. The summed E-state index contributed by atoms with van der Waals surface area (Å²) in [4.78, 5) is 5.36. The molecule has 0 N–H and O–H groups in total. The van der Waals surface area contributed by atoms with Crippen molar-refractivity contribution in [3.63, 3.8) is 0 Å². The predicted octanol–water partition coefficient (Wildman–Crippen LogP) is 5.19. The topological polar surface area (TPSA) is 45.5 Å². The summed E-state index contributed by atoms with van der Waals surface area (Å²) in [5.74, 6) is 1.07. The molecule has 1 aromatic heterocycles. The van der Waals surface area contributed by atoms with Crippen LogP contribution < -0.4 is 4.74 Å². The Labute approximate surface area is 189 Å². The van der Waals surface area contributed by atoms with E-state index in [1.807, 2.05) is 29.2 Å². The van der Waals surface area contributed by atoms with Crippen LogP contribution in [0.3, 0.4) is 0 Å². The van der Waals surface area contributed by atoms with Crippen LogP contribution in [0.4, 0.5) is 0 Å². The highest BCUT2D eigenvalue weighted by Crippen LogP contribution is 2.33. The SMILES string of the molecule is COc1ccc(SCC2COC(CCc3ccc(Br)cc3)(Cn3ccnc3)O2)cc1. The molecule has 3 aromatic rings. The number of hydrogen-bond acceptors (Lipinski definition) is 5. The normalized spacial score (nSPS) is 21.1. The van der Waals surface area contributed by atoms with Crippen molar-refractivity contribution in [2.45, 2.75) is 36.2 Å². The molecule has 4 rings (SSSR count). The van der Waals surface area contributed by atoms with Crippen molar-refractivity contribution in [2.75, 3.05) is 19.5 Å². The van der Waals surface area contributed by atoms with Gasteiger partial charge >= 0.3 is 0 Å². The number of halogens is 1. The van der Waals surface area contributed by atoms with E-state index in [1.165, 1.54) is 10.5 Å². The van der Waals surface area contributed by atoms with Crippen LogP contribution in [0, 0.1) is 0 Å². The summed E-state index contributed by atoms with van der Waals surface area (Å²) < 4.78 is 21.1. The van der Waals surface area contributed by atoms with E-state index in [4.69, 9.17) is 14.2 Å². The van der Waals surface area contributed by atoms with Gasteiger partial charge in [-0.2, -0.15) is 0 Å². The van der Waals surface area contributed by atoms with Crippen molar-refractivity contribution >= 4 is 27.7 Å². The van der Waals surface area contributed by atoms with Gasteiger partial charge in [0.1, 0.15) is 5.75 Å². The summed E-state index contributed by atoms with van der Waals surface area (Å²) in [6, 6.07) is 16.5. The second-order valence-corrected chi connectivity index (χ2v) is 9.32. The molecule has 1 fully saturated rings. The summed E-state index contributed by atoms with van der Waals surface area (Å²) in [5.41, 5.74) is 1.27. The summed E-state index contributed by atoms with van der Waals surface area (Å²) >= 11 is 5.27. The Bertz CT molecular complexity index is 919. The zero-order valence-electron chi connectivity index (χ0n) is 16.9. The van der Waals surface area contributed by atoms with Crippen LogP contribution in [0.25, 0.3) is 0 Å². The second kappa shape index (κ2) is 10.0. The lowest BCUT2D eigenvalue weighted by atomic mass is 10.0. The van der Waals surface area contributed by atoms with Gasteiger partial charge in [-0.15, -0.1) is 11.8 Å². The monoisotopic (exact) mass is 488 g/mol. The molecule has 158 valence electrons. The lowest BCUT2D eigenvalue weighted by Crippen LogP contribution is -2.37. The van der Waals surface area contributed by atoms with Crippen LogP contribution in [0.1, 0.15) is 12.0 Å². The second-order valence-electron chi connectivity index (χ2n) is 7.31. The van der Waals surface area contributed by atoms with Gasteiger partial charge in [-0.3, -0.25) is 0 Å². The third-order valence-corrected chi connectivity index (χ3v) is 6.77. The number of hydrogen-bond donors (Lipinski definition) is 0. The van der Waals surface area contributed by atoms with Crippen LogP contribution >= 0.6 is 27.7 Å². The highest BCUT2D eigenvalue weighted by molar-refractivity contribution is 9.10. The molecule has 1 saturated heterocycles. The number of nitrogens with zero attached hydrogens (tertiary/aromatic N) is 2. The van der Waals surface area contributed by atoms with Gasteiger partial charge in [-0.05, 0) is 48.4 Å². The number of imidazole rings is 1. The van der Waals surface area contributed by atoms with E-state index in [1.54, 1.807) is 25.1 Å². The number of benzene rings is 2. The largest absolute Gasteiger partial charge is 0.497 e. The first-order valence-corrected chi connectivity index (χ1v) is 11.7. The molecule has 0 spiro atoms. The number of methoxy groups -OCH3 is 1. The molecule has 1 aliphatic heterocycles. The molecule has 2 atom stereocenters. The zero-order valence-corrected chi connectivity index (χ0v) is 19.3. The Balaban J connectivity index is 1.39. The first-order valence-electron chi connectivity index (χ1n) is 9.93. The van der Waals surface area contributed by atoms with E-state index in [2.05, 4.69) is 57.3 Å². The Morgan fingerprint density at radius 3 is 2.70 bits per heavy atom. The molecule has 0 bridgehead atoms. The van der Waals surface area contributed by atoms with Gasteiger partial charge in [-0.25, -0.2) is 4.98 Å². The molecule has 0 saturated carbocycles. The summed E-state index contributed by atoms with van der Waals surface area (Å²) in [6.07, 6.45) is 7.28. The summed E-state index contributed by atoms with van der Waals surface area (Å²) in [7, 11) is 1.68. The minimum absolute atomic E-state index is 0.0468. The van der Waals surface area contributed by atoms with Gasteiger partial charge in [0.25, 0.3) is 0 Å². The zero-order chi connectivity index (χ0) is 20.8. The average molecular weight is 489 g/mol. The third-order valence-electron chi connectivity index (χ3n) is 5.10. The molecule has 2 unspecified atom stereocenters. The van der Waals surface area contributed by atoms with Crippen molar-refractivity contribution in [3.05, 3.63) is 77.3 Å². The first-order chi connectivity index (χ1) is 14.6. The predicted molar refractivity (Wildman–Crippen MR) is 122 cm³/mol. The molecule has 2 heterocycles. The van der Waals surface area contributed by atoms with E-state index in [0.29, 0.717) is 13.2 Å². The standard InChI is InChI=1S/C23H25BrN2O3S/c1-27-20-6-8-22(9-7-20)30-15-21-14-28-23(29-21,16-26-13-12-25-17-26)11-10-18-2-4-19(24)5-3-18/h2-9,12-13,17,21H,10-11,14-16H2,1H3. The maximum atomic E-state index is 6.51. The Hall–Kier alpha value is -1.80. The number of ether oxygens (including phenoxy) is 3. The van der Waals surface area contributed by atoms with E-state index in [0.717, 1.165) is 28.8 Å². The van der Waals surface area contributed by atoms with Crippen LogP contribution in [0.2, 0.25) is 0 Å². The summed E-state index contributed by atoms with van der Waals surface area (Å²) in [6.45, 7) is 1.23. The Morgan fingerprint density at radius 1 is 1.20 bits per heavy atom. The highest BCUT2D eigenvalue weighted by Gasteiger charge is 2.41. The molecule has 5 nitrogen and oxygen atoms in total.